The molecule has 1 unspecified atom stereocenters. The molecule has 4 aromatic rings. The Kier molecular flexibility index (Phi) is 5.47. The molecule has 0 saturated carbocycles. The average molecular weight is 440 g/mol. The molecule has 0 bridgehead atoms. The number of carboxylic acids is 1. The van der Waals surface area contributed by atoms with E-state index in [0.29, 0.717) is 31.4 Å². The van der Waals surface area contributed by atoms with E-state index >= 15 is 0 Å². The highest BCUT2D eigenvalue weighted by Crippen LogP contribution is 2.39. The van der Waals surface area contributed by atoms with Crippen molar-refractivity contribution in [2.75, 3.05) is 6.61 Å². The molecular weight excluding hydrogens is 414 g/mol. The molecular formula is C28H25NO4. The lowest BCUT2D eigenvalue weighted by Gasteiger charge is -2.20. The van der Waals surface area contributed by atoms with Crippen molar-refractivity contribution in [2.45, 2.75) is 26.2 Å². The molecule has 166 valence electrons. The Hall–Kier alpha value is -3.86. The molecule has 1 heterocycles. The van der Waals surface area contributed by atoms with Crippen LogP contribution in [0.25, 0.3) is 22.0 Å². The van der Waals surface area contributed by atoms with Gasteiger partial charge in [-0.1, -0.05) is 48.5 Å². The molecule has 1 N–H and O–H groups in total. The fourth-order valence-corrected chi connectivity index (χ4v) is 4.88. The monoisotopic (exact) mass is 439 g/mol. The molecule has 1 aromatic heterocycles. The zero-order valence-electron chi connectivity index (χ0n) is 18.5. The number of carbonyl (C=O) groups excluding carboxylic acids is 1. The molecule has 1 aliphatic carbocycles. The van der Waals surface area contributed by atoms with Crippen molar-refractivity contribution in [1.82, 2.24) is 4.57 Å². The number of hydrogen-bond donors (Lipinski definition) is 1. The Morgan fingerprint density at radius 2 is 1.76 bits per heavy atom. The number of hydrogen-bond acceptors (Lipinski definition) is 3. The van der Waals surface area contributed by atoms with E-state index in [1.807, 2.05) is 84.3 Å². The molecule has 33 heavy (non-hydrogen) atoms. The Labute approximate surface area is 192 Å². The largest absolute Gasteiger partial charge is 0.494 e. The Morgan fingerprint density at radius 3 is 2.45 bits per heavy atom. The molecule has 0 radical (unpaired) electrons. The van der Waals surface area contributed by atoms with Crippen molar-refractivity contribution in [2.24, 2.45) is 5.92 Å². The second-order valence-electron chi connectivity index (χ2n) is 8.37. The van der Waals surface area contributed by atoms with E-state index < -0.39 is 11.9 Å². The maximum Gasteiger partial charge on any atom is 0.306 e. The van der Waals surface area contributed by atoms with Gasteiger partial charge in [0, 0.05) is 22.2 Å². The molecule has 1 aliphatic rings. The van der Waals surface area contributed by atoms with Crippen LogP contribution in [0.1, 0.15) is 35.0 Å². The smallest absolute Gasteiger partial charge is 0.306 e. The number of rotatable bonds is 5. The van der Waals surface area contributed by atoms with Crippen molar-refractivity contribution in [1.29, 1.82) is 0 Å². The van der Waals surface area contributed by atoms with Crippen LogP contribution >= 0.6 is 0 Å². The standard InChI is InChI=1S/C28H25NO4/c1-2-33-21-14-11-18(12-15-21)22-9-6-10-23-24-17-20(28(31)32)13-16-25(24)29(26(22)23)27(30)19-7-4-3-5-8-19/h3-12,14-15,20H,2,13,16-17H2,1H3,(H,31,32). The summed E-state index contributed by atoms with van der Waals surface area (Å²) in [5.74, 6) is -0.502. The molecule has 0 saturated heterocycles. The summed E-state index contributed by atoms with van der Waals surface area (Å²) in [7, 11) is 0. The summed E-state index contributed by atoms with van der Waals surface area (Å²) < 4.78 is 7.41. The van der Waals surface area contributed by atoms with Crippen LogP contribution in [0.4, 0.5) is 0 Å². The molecule has 5 rings (SSSR count). The Morgan fingerprint density at radius 1 is 1.00 bits per heavy atom. The molecule has 0 fully saturated rings. The number of fused-ring (bicyclic) bond motifs is 3. The van der Waals surface area contributed by atoms with E-state index in [4.69, 9.17) is 4.74 Å². The number of carboxylic acid groups (broad SMARTS) is 1. The van der Waals surface area contributed by atoms with Gasteiger partial charge >= 0.3 is 5.97 Å². The van der Waals surface area contributed by atoms with E-state index in [9.17, 15) is 14.7 Å². The lowest BCUT2D eigenvalue weighted by atomic mass is 9.86. The highest BCUT2D eigenvalue weighted by atomic mass is 16.5. The fraction of sp³-hybridized carbons (Fsp3) is 0.214. The Balaban J connectivity index is 1.75. The molecule has 5 nitrogen and oxygen atoms in total. The first-order chi connectivity index (χ1) is 16.1. The summed E-state index contributed by atoms with van der Waals surface area (Å²) in [6.07, 6.45) is 1.52. The first kappa shape index (κ1) is 21.0. The van der Waals surface area contributed by atoms with E-state index in [-0.39, 0.29) is 5.91 Å². The van der Waals surface area contributed by atoms with Gasteiger partial charge in [-0.2, -0.15) is 0 Å². The third-order valence-corrected chi connectivity index (χ3v) is 6.43. The van der Waals surface area contributed by atoms with Gasteiger partial charge in [-0.3, -0.25) is 14.2 Å². The van der Waals surface area contributed by atoms with Gasteiger partial charge in [-0.05, 0) is 61.6 Å². The minimum atomic E-state index is -0.779. The summed E-state index contributed by atoms with van der Waals surface area (Å²) in [4.78, 5) is 25.5. The van der Waals surface area contributed by atoms with Crippen LogP contribution in [0, 0.1) is 5.92 Å². The van der Waals surface area contributed by atoms with Crippen LogP contribution in [0.2, 0.25) is 0 Å². The van der Waals surface area contributed by atoms with Crippen LogP contribution in [0.15, 0.2) is 72.8 Å². The van der Waals surface area contributed by atoms with Crippen LogP contribution in [-0.4, -0.2) is 28.2 Å². The predicted molar refractivity (Wildman–Crippen MR) is 128 cm³/mol. The number of ether oxygens (including phenoxy) is 1. The topological polar surface area (TPSA) is 68.5 Å². The highest BCUT2D eigenvalue weighted by molar-refractivity contribution is 6.08. The van der Waals surface area contributed by atoms with E-state index in [2.05, 4.69) is 0 Å². The fourth-order valence-electron chi connectivity index (χ4n) is 4.88. The molecule has 0 amide bonds. The summed E-state index contributed by atoms with van der Waals surface area (Å²) in [5.41, 5.74) is 5.28. The quantitative estimate of drug-likeness (QED) is 0.440. The maximum atomic E-state index is 13.8. The lowest BCUT2D eigenvalue weighted by Crippen LogP contribution is -2.24. The number of aromatic nitrogens is 1. The van der Waals surface area contributed by atoms with Gasteiger partial charge in [0.2, 0.25) is 0 Å². The van der Waals surface area contributed by atoms with Gasteiger partial charge < -0.3 is 9.84 Å². The maximum absolute atomic E-state index is 13.8. The number of nitrogens with zero attached hydrogens (tertiary/aromatic N) is 1. The molecule has 1 atom stereocenters. The third kappa shape index (κ3) is 3.69. The molecule has 0 spiro atoms. The number of benzene rings is 3. The number of para-hydroxylation sites is 1. The van der Waals surface area contributed by atoms with Gasteiger partial charge in [-0.25, -0.2) is 0 Å². The second kappa shape index (κ2) is 8.58. The SMILES string of the molecule is CCOc1ccc(-c2cccc3c4c(n(C(=O)c5ccccc5)c23)CCC(C(=O)O)C4)cc1. The zero-order valence-corrected chi connectivity index (χ0v) is 18.5. The summed E-state index contributed by atoms with van der Waals surface area (Å²) >= 11 is 0. The number of carbonyl (C=O) groups is 2. The van der Waals surface area contributed by atoms with Crippen molar-refractivity contribution in [3.63, 3.8) is 0 Å². The van der Waals surface area contributed by atoms with E-state index in [1.54, 1.807) is 0 Å². The predicted octanol–water partition coefficient (Wildman–Crippen LogP) is 5.59. The molecule has 3 aromatic carbocycles. The summed E-state index contributed by atoms with van der Waals surface area (Å²) in [5, 5.41) is 10.6. The van der Waals surface area contributed by atoms with Gasteiger partial charge in [0.25, 0.3) is 5.91 Å². The Bertz CT molecular complexity index is 1340. The normalized spacial score (nSPS) is 15.2. The lowest BCUT2D eigenvalue weighted by molar-refractivity contribution is -0.142. The first-order valence-corrected chi connectivity index (χ1v) is 11.3. The van der Waals surface area contributed by atoms with Crippen LogP contribution in [0.5, 0.6) is 5.75 Å². The van der Waals surface area contributed by atoms with Crippen molar-refractivity contribution in [3.05, 3.63) is 89.6 Å². The highest BCUT2D eigenvalue weighted by Gasteiger charge is 2.32. The first-order valence-electron chi connectivity index (χ1n) is 11.3. The van der Waals surface area contributed by atoms with Crippen molar-refractivity contribution < 1.29 is 19.4 Å². The summed E-state index contributed by atoms with van der Waals surface area (Å²) in [6, 6.07) is 23.1. The van der Waals surface area contributed by atoms with Crippen molar-refractivity contribution >= 4 is 22.8 Å². The minimum Gasteiger partial charge on any atom is -0.494 e. The van der Waals surface area contributed by atoms with Gasteiger partial charge in [-0.15, -0.1) is 0 Å². The summed E-state index contributed by atoms with van der Waals surface area (Å²) in [6.45, 7) is 2.55. The van der Waals surface area contributed by atoms with E-state index in [1.165, 1.54) is 0 Å². The van der Waals surface area contributed by atoms with Gasteiger partial charge in [0.05, 0.1) is 18.0 Å². The molecule has 5 heteroatoms. The van der Waals surface area contributed by atoms with Crippen LogP contribution in [-0.2, 0) is 17.6 Å². The van der Waals surface area contributed by atoms with Crippen LogP contribution in [0.3, 0.4) is 0 Å². The number of aliphatic carboxylic acids is 1. The average Bonchev–Trinajstić information content (AvgIpc) is 3.19. The zero-order chi connectivity index (χ0) is 22.9. The van der Waals surface area contributed by atoms with Gasteiger partial charge in [0.15, 0.2) is 0 Å². The third-order valence-electron chi connectivity index (χ3n) is 6.43. The second-order valence-corrected chi connectivity index (χ2v) is 8.37. The van der Waals surface area contributed by atoms with Crippen molar-refractivity contribution in [3.8, 4) is 16.9 Å². The minimum absolute atomic E-state index is 0.0889. The van der Waals surface area contributed by atoms with E-state index in [0.717, 1.165) is 39.0 Å². The van der Waals surface area contributed by atoms with Gasteiger partial charge in [0.1, 0.15) is 5.75 Å². The van der Waals surface area contributed by atoms with Crippen LogP contribution < -0.4 is 4.74 Å². The molecule has 0 aliphatic heterocycles.